The van der Waals surface area contributed by atoms with E-state index in [-0.39, 0.29) is 30.5 Å². The Morgan fingerprint density at radius 2 is 2.14 bits per heavy atom. The lowest BCUT2D eigenvalue weighted by Crippen LogP contribution is -2.52. The molecule has 1 unspecified atom stereocenters. The number of halogens is 1. The highest BCUT2D eigenvalue weighted by molar-refractivity contribution is 5.85. The Labute approximate surface area is 133 Å². The fraction of sp³-hybridized carbons (Fsp3) is 0.562. The van der Waals surface area contributed by atoms with Gasteiger partial charge in [-0.25, -0.2) is 0 Å². The molecule has 5 heteroatoms. The lowest BCUT2D eigenvalue weighted by atomic mass is 10.1. The minimum absolute atomic E-state index is 0. The van der Waals surface area contributed by atoms with Crippen LogP contribution in [0.4, 0.5) is 0 Å². The largest absolute Gasteiger partial charge is 0.491 e. The number of hydrogen-bond acceptors (Lipinski definition) is 3. The van der Waals surface area contributed by atoms with E-state index in [9.17, 15) is 4.79 Å². The summed E-state index contributed by atoms with van der Waals surface area (Å²) in [5.74, 6) is 0.998. The second-order valence-corrected chi connectivity index (χ2v) is 5.59. The fourth-order valence-electron chi connectivity index (χ4n) is 2.49. The van der Waals surface area contributed by atoms with Gasteiger partial charge in [-0.15, -0.1) is 12.4 Å². The van der Waals surface area contributed by atoms with Crippen LogP contribution in [0.2, 0.25) is 0 Å². The number of amides is 1. The molecule has 1 amide bonds. The van der Waals surface area contributed by atoms with E-state index in [1.54, 1.807) is 0 Å². The van der Waals surface area contributed by atoms with Crippen molar-refractivity contribution in [3.63, 3.8) is 0 Å². The minimum Gasteiger partial charge on any atom is -0.491 e. The highest BCUT2D eigenvalue weighted by Gasteiger charge is 2.23. The summed E-state index contributed by atoms with van der Waals surface area (Å²) in [6.07, 6.45) is 0.525. The van der Waals surface area contributed by atoms with Crippen molar-refractivity contribution in [1.29, 1.82) is 0 Å². The second kappa shape index (κ2) is 8.25. The highest BCUT2D eigenvalue weighted by Crippen LogP contribution is 2.21. The number of ether oxygens (including phenoxy) is 1. The molecule has 2 rings (SSSR count). The maximum absolute atomic E-state index is 12.5. The van der Waals surface area contributed by atoms with Crippen LogP contribution >= 0.6 is 12.4 Å². The summed E-state index contributed by atoms with van der Waals surface area (Å²) < 4.78 is 5.78. The fourth-order valence-corrected chi connectivity index (χ4v) is 2.49. The molecular formula is C16H25ClN2O2. The Morgan fingerprint density at radius 3 is 2.81 bits per heavy atom. The van der Waals surface area contributed by atoms with Crippen molar-refractivity contribution in [1.82, 2.24) is 10.2 Å². The molecule has 1 aliphatic heterocycles. The number of carbonyl (C=O) groups is 1. The van der Waals surface area contributed by atoms with Crippen molar-refractivity contribution in [3.05, 3.63) is 29.8 Å². The van der Waals surface area contributed by atoms with Gasteiger partial charge < -0.3 is 15.0 Å². The van der Waals surface area contributed by atoms with Gasteiger partial charge in [0.15, 0.2) is 0 Å². The van der Waals surface area contributed by atoms with E-state index >= 15 is 0 Å². The van der Waals surface area contributed by atoms with E-state index < -0.39 is 0 Å². The van der Waals surface area contributed by atoms with Gasteiger partial charge in [0, 0.05) is 31.2 Å². The molecular weight excluding hydrogens is 288 g/mol. The number of rotatable bonds is 4. The van der Waals surface area contributed by atoms with Crippen LogP contribution in [-0.2, 0) is 11.2 Å². The quantitative estimate of drug-likeness (QED) is 0.927. The number of benzene rings is 1. The van der Waals surface area contributed by atoms with Gasteiger partial charge in [-0.05, 0) is 26.8 Å². The van der Waals surface area contributed by atoms with Crippen molar-refractivity contribution in [2.45, 2.75) is 39.3 Å². The second-order valence-electron chi connectivity index (χ2n) is 5.59. The molecule has 1 aliphatic rings. The standard InChI is InChI=1S/C16H24N2O2.ClH/c1-12(2)20-15-7-5-4-6-14(15)10-16(19)18-9-8-17-11-13(18)3;/h4-7,12-13,17H,8-11H2,1-3H3;1H. The maximum Gasteiger partial charge on any atom is 0.227 e. The molecule has 0 aliphatic carbocycles. The van der Waals surface area contributed by atoms with E-state index in [1.807, 2.05) is 43.0 Å². The van der Waals surface area contributed by atoms with E-state index in [2.05, 4.69) is 12.2 Å². The predicted octanol–water partition coefficient (Wildman–Crippen LogP) is 2.26. The molecule has 118 valence electrons. The normalized spacial score (nSPS) is 18.3. The zero-order chi connectivity index (χ0) is 14.5. The van der Waals surface area contributed by atoms with Crippen molar-refractivity contribution in [2.24, 2.45) is 0 Å². The van der Waals surface area contributed by atoms with Crippen LogP contribution in [0, 0.1) is 0 Å². The van der Waals surface area contributed by atoms with Gasteiger partial charge >= 0.3 is 0 Å². The first-order chi connectivity index (χ1) is 9.58. The molecule has 1 fully saturated rings. The highest BCUT2D eigenvalue weighted by atomic mass is 35.5. The molecule has 4 nitrogen and oxygen atoms in total. The van der Waals surface area contributed by atoms with Gasteiger partial charge in [0.05, 0.1) is 12.5 Å². The predicted molar refractivity (Wildman–Crippen MR) is 87.2 cm³/mol. The van der Waals surface area contributed by atoms with Gasteiger partial charge in [-0.3, -0.25) is 4.79 Å². The van der Waals surface area contributed by atoms with Crippen molar-refractivity contribution < 1.29 is 9.53 Å². The third kappa shape index (κ3) is 4.90. The van der Waals surface area contributed by atoms with E-state index in [1.165, 1.54) is 0 Å². The number of hydrogen-bond donors (Lipinski definition) is 1. The van der Waals surface area contributed by atoms with Crippen LogP contribution < -0.4 is 10.1 Å². The number of nitrogens with zero attached hydrogens (tertiary/aromatic N) is 1. The van der Waals surface area contributed by atoms with Gasteiger partial charge in [-0.2, -0.15) is 0 Å². The lowest BCUT2D eigenvalue weighted by molar-refractivity contribution is -0.133. The minimum atomic E-state index is 0. The van der Waals surface area contributed by atoms with Gasteiger partial charge in [0.2, 0.25) is 5.91 Å². The van der Waals surface area contributed by atoms with Crippen LogP contribution in [0.25, 0.3) is 0 Å². The zero-order valence-electron chi connectivity index (χ0n) is 13.0. The first-order valence-corrected chi connectivity index (χ1v) is 7.32. The molecule has 1 heterocycles. The number of nitrogens with one attached hydrogen (secondary N) is 1. The van der Waals surface area contributed by atoms with Crippen molar-refractivity contribution in [3.8, 4) is 5.75 Å². The summed E-state index contributed by atoms with van der Waals surface area (Å²) >= 11 is 0. The van der Waals surface area contributed by atoms with Gasteiger partial charge in [-0.1, -0.05) is 18.2 Å². The van der Waals surface area contributed by atoms with E-state index in [4.69, 9.17) is 4.74 Å². The topological polar surface area (TPSA) is 41.6 Å². The Morgan fingerprint density at radius 1 is 1.43 bits per heavy atom. The Hall–Kier alpha value is -1.26. The maximum atomic E-state index is 12.5. The SMILES string of the molecule is CC(C)Oc1ccccc1CC(=O)N1CCNCC1C.Cl. The van der Waals surface area contributed by atoms with Crippen LogP contribution in [0.1, 0.15) is 26.3 Å². The summed E-state index contributed by atoms with van der Waals surface area (Å²) in [6, 6.07) is 8.07. The van der Waals surface area contributed by atoms with Gasteiger partial charge in [0.25, 0.3) is 0 Å². The summed E-state index contributed by atoms with van der Waals surface area (Å²) in [5.41, 5.74) is 0.969. The van der Waals surface area contributed by atoms with Crippen LogP contribution in [-0.4, -0.2) is 42.6 Å². The van der Waals surface area contributed by atoms with Crippen molar-refractivity contribution >= 4 is 18.3 Å². The summed E-state index contributed by atoms with van der Waals surface area (Å²) in [7, 11) is 0. The summed E-state index contributed by atoms with van der Waals surface area (Å²) in [6.45, 7) is 8.61. The molecule has 0 radical (unpaired) electrons. The molecule has 21 heavy (non-hydrogen) atoms. The Balaban J connectivity index is 0.00000220. The zero-order valence-corrected chi connectivity index (χ0v) is 13.8. The monoisotopic (exact) mass is 312 g/mol. The number of carbonyl (C=O) groups excluding carboxylic acids is 1. The smallest absolute Gasteiger partial charge is 0.227 e. The average molecular weight is 313 g/mol. The lowest BCUT2D eigenvalue weighted by Gasteiger charge is -2.34. The first-order valence-electron chi connectivity index (χ1n) is 7.32. The van der Waals surface area contributed by atoms with Gasteiger partial charge in [0.1, 0.15) is 5.75 Å². The van der Waals surface area contributed by atoms with Crippen LogP contribution in [0.15, 0.2) is 24.3 Å². The third-order valence-electron chi connectivity index (χ3n) is 3.50. The molecule has 0 aromatic heterocycles. The first kappa shape index (κ1) is 17.8. The average Bonchev–Trinajstić information content (AvgIpc) is 2.41. The molecule has 1 aromatic rings. The molecule has 0 bridgehead atoms. The van der Waals surface area contributed by atoms with Crippen LogP contribution in [0.3, 0.4) is 0 Å². The third-order valence-corrected chi connectivity index (χ3v) is 3.50. The number of para-hydroxylation sites is 1. The summed E-state index contributed by atoms with van der Waals surface area (Å²) in [4.78, 5) is 14.4. The van der Waals surface area contributed by atoms with Crippen LogP contribution in [0.5, 0.6) is 5.75 Å². The van der Waals surface area contributed by atoms with E-state index in [0.717, 1.165) is 30.9 Å². The Bertz CT molecular complexity index is 465. The van der Waals surface area contributed by atoms with E-state index in [0.29, 0.717) is 6.42 Å². The molecule has 0 saturated carbocycles. The molecule has 1 aromatic carbocycles. The van der Waals surface area contributed by atoms with Crippen molar-refractivity contribution in [2.75, 3.05) is 19.6 Å². The molecule has 1 saturated heterocycles. The Kier molecular flexibility index (Phi) is 6.99. The molecule has 1 atom stereocenters. The molecule has 0 spiro atoms. The summed E-state index contributed by atoms with van der Waals surface area (Å²) in [5, 5.41) is 3.30. The number of piperazine rings is 1. The molecule has 1 N–H and O–H groups in total.